The first-order chi connectivity index (χ1) is 8.52. The van der Waals surface area contributed by atoms with Crippen LogP contribution in [-0.4, -0.2) is 28.6 Å². The number of carbonyl (C=O) groups is 1. The number of benzene rings is 1. The van der Waals surface area contributed by atoms with E-state index in [4.69, 9.17) is 22.4 Å². The van der Waals surface area contributed by atoms with Gasteiger partial charge in [0.15, 0.2) is 0 Å². The van der Waals surface area contributed by atoms with Crippen LogP contribution in [0.2, 0.25) is 5.02 Å². The number of aliphatic hydroxyl groups is 1. The number of halogens is 1. The smallest absolute Gasteiger partial charge is 0.234 e. The summed E-state index contributed by atoms with van der Waals surface area (Å²) in [5.74, 6) is 0.260. The van der Waals surface area contributed by atoms with Crippen molar-refractivity contribution < 1.29 is 9.90 Å². The van der Waals surface area contributed by atoms with Gasteiger partial charge in [-0.15, -0.1) is 11.8 Å². The number of hydrogen-bond donors (Lipinski definition) is 3. The number of hydrogen-bond acceptors (Lipinski definition) is 4. The number of amides is 1. The van der Waals surface area contributed by atoms with Crippen molar-refractivity contribution in [3.8, 4) is 0 Å². The van der Waals surface area contributed by atoms with Crippen molar-refractivity contribution in [3.63, 3.8) is 0 Å². The third-order valence-corrected chi connectivity index (χ3v) is 3.89. The highest BCUT2D eigenvalue weighted by atomic mass is 35.5. The molecule has 1 atom stereocenters. The molecular weight excluding hydrogens is 272 g/mol. The average Bonchev–Trinajstić information content (AvgIpc) is 2.32. The van der Waals surface area contributed by atoms with E-state index in [1.54, 1.807) is 18.2 Å². The molecule has 0 aliphatic carbocycles. The van der Waals surface area contributed by atoms with Gasteiger partial charge in [0.1, 0.15) is 0 Å². The molecule has 0 aliphatic rings. The van der Waals surface area contributed by atoms with Crippen LogP contribution in [0.4, 0.5) is 11.4 Å². The second kappa shape index (κ2) is 7.51. The molecule has 4 N–H and O–H groups in total. The molecule has 1 aromatic carbocycles. The van der Waals surface area contributed by atoms with Crippen LogP contribution >= 0.6 is 23.4 Å². The van der Waals surface area contributed by atoms with Crippen molar-refractivity contribution in [3.05, 3.63) is 23.2 Å². The molecule has 0 bridgehead atoms. The van der Waals surface area contributed by atoms with Crippen LogP contribution in [0.5, 0.6) is 0 Å². The van der Waals surface area contributed by atoms with E-state index >= 15 is 0 Å². The first-order valence-electron chi connectivity index (χ1n) is 5.60. The summed E-state index contributed by atoms with van der Waals surface area (Å²) in [6, 6.07) is 4.98. The van der Waals surface area contributed by atoms with Gasteiger partial charge in [0.05, 0.1) is 16.5 Å². The number of rotatable bonds is 6. The summed E-state index contributed by atoms with van der Waals surface area (Å²) in [6.45, 7) is 2.12. The summed E-state index contributed by atoms with van der Waals surface area (Å²) in [5.41, 5.74) is 6.72. The lowest BCUT2D eigenvalue weighted by Gasteiger charge is -2.10. The average molecular weight is 289 g/mol. The van der Waals surface area contributed by atoms with Crippen molar-refractivity contribution in [2.75, 3.05) is 23.4 Å². The minimum atomic E-state index is -0.0912. The van der Waals surface area contributed by atoms with Gasteiger partial charge in [0.25, 0.3) is 0 Å². The molecule has 0 heterocycles. The van der Waals surface area contributed by atoms with Crippen LogP contribution in [-0.2, 0) is 4.79 Å². The Labute approximate surface area is 116 Å². The van der Waals surface area contributed by atoms with E-state index in [1.807, 2.05) is 6.92 Å². The second-order valence-electron chi connectivity index (χ2n) is 3.92. The predicted molar refractivity (Wildman–Crippen MR) is 78.1 cm³/mol. The van der Waals surface area contributed by atoms with Gasteiger partial charge in [-0.25, -0.2) is 0 Å². The van der Waals surface area contributed by atoms with Crippen molar-refractivity contribution >= 4 is 40.6 Å². The van der Waals surface area contributed by atoms with Gasteiger partial charge in [-0.2, -0.15) is 0 Å². The Morgan fingerprint density at radius 3 is 2.94 bits per heavy atom. The molecule has 6 heteroatoms. The van der Waals surface area contributed by atoms with Gasteiger partial charge in [0.2, 0.25) is 5.91 Å². The number of nitrogens with one attached hydrogen (secondary N) is 1. The maximum Gasteiger partial charge on any atom is 0.234 e. The van der Waals surface area contributed by atoms with Crippen molar-refractivity contribution in [1.29, 1.82) is 0 Å². The quantitative estimate of drug-likeness (QED) is 0.703. The zero-order valence-electron chi connectivity index (χ0n) is 10.1. The van der Waals surface area contributed by atoms with Crippen molar-refractivity contribution in [1.82, 2.24) is 0 Å². The van der Waals surface area contributed by atoms with Gasteiger partial charge in [-0.05, 0) is 24.6 Å². The zero-order valence-corrected chi connectivity index (χ0v) is 11.7. The lowest BCUT2D eigenvalue weighted by Crippen LogP contribution is -2.16. The fourth-order valence-corrected chi connectivity index (χ4v) is 2.20. The molecule has 0 saturated heterocycles. The highest BCUT2D eigenvalue weighted by Gasteiger charge is 2.07. The van der Waals surface area contributed by atoms with E-state index in [9.17, 15) is 4.79 Å². The summed E-state index contributed by atoms with van der Waals surface area (Å²) in [6.07, 6.45) is 0.686. The van der Waals surface area contributed by atoms with Crippen LogP contribution in [0, 0.1) is 0 Å². The van der Waals surface area contributed by atoms with E-state index in [2.05, 4.69) is 5.32 Å². The Morgan fingerprint density at radius 1 is 1.61 bits per heavy atom. The number of anilines is 2. The van der Waals surface area contributed by atoms with Crippen LogP contribution in [0.15, 0.2) is 18.2 Å². The lowest BCUT2D eigenvalue weighted by molar-refractivity contribution is -0.113. The fraction of sp³-hybridized carbons (Fsp3) is 0.417. The second-order valence-corrected chi connectivity index (χ2v) is 5.75. The minimum Gasteiger partial charge on any atom is -0.397 e. The summed E-state index contributed by atoms with van der Waals surface area (Å²) in [4.78, 5) is 11.6. The van der Waals surface area contributed by atoms with Gasteiger partial charge in [-0.1, -0.05) is 18.5 Å². The summed E-state index contributed by atoms with van der Waals surface area (Å²) >= 11 is 7.30. The van der Waals surface area contributed by atoms with E-state index in [0.29, 0.717) is 28.6 Å². The molecule has 4 nitrogen and oxygen atoms in total. The molecule has 1 amide bonds. The highest BCUT2D eigenvalue weighted by molar-refractivity contribution is 8.00. The molecular formula is C12H17ClN2O2S. The topological polar surface area (TPSA) is 75.3 Å². The van der Waals surface area contributed by atoms with E-state index in [1.165, 1.54) is 11.8 Å². The molecule has 18 heavy (non-hydrogen) atoms. The van der Waals surface area contributed by atoms with E-state index < -0.39 is 0 Å². The molecule has 1 aromatic rings. The highest BCUT2D eigenvalue weighted by Crippen LogP contribution is 2.22. The third-order valence-electron chi connectivity index (χ3n) is 2.31. The van der Waals surface area contributed by atoms with E-state index in [-0.39, 0.29) is 17.8 Å². The Kier molecular flexibility index (Phi) is 6.32. The fourth-order valence-electron chi connectivity index (χ4n) is 1.30. The van der Waals surface area contributed by atoms with Crippen molar-refractivity contribution in [2.24, 2.45) is 0 Å². The standard InChI is InChI=1S/C12H17ClN2O2S/c1-8(4-5-16)18-7-12(17)15-9-2-3-10(13)11(14)6-9/h2-3,6,8,16H,4-5,7,14H2,1H3,(H,15,17). The Morgan fingerprint density at radius 2 is 2.33 bits per heavy atom. The Bertz CT molecular complexity index is 415. The number of nitrogens with two attached hydrogens (primary N) is 1. The summed E-state index contributed by atoms with van der Waals surface area (Å²) in [7, 11) is 0. The maximum absolute atomic E-state index is 11.6. The molecule has 1 rings (SSSR count). The molecule has 0 aromatic heterocycles. The SMILES string of the molecule is CC(CCO)SCC(=O)Nc1ccc(Cl)c(N)c1. The number of aliphatic hydroxyl groups excluding tert-OH is 1. The zero-order chi connectivity index (χ0) is 13.5. The minimum absolute atomic E-state index is 0.0912. The molecule has 0 saturated carbocycles. The van der Waals surface area contributed by atoms with E-state index in [0.717, 1.165) is 0 Å². The van der Waals surface area contributed by atoms with Crippen LogP contribution in [0.25, 0.3) is 0 Å². The number of carbonyl (C=O) groups excluding carboxylic acids is 1. The molecule has 0 fully saturated rings. The van der Waals surface area contributed by atoms with Crippen LogP contribution in [0.1, 0.15) is 13.3 Å². The number of thioether (sulfide) groups is 1. The third kappa shape index (κ3) is 5.16. The van der Waals surface area contributed by atoms with Gasteiger partial charge in [0, 0.05) is 17.5 Å². The molecule has 100 valence electrons. The monoisotopic (exact) mass is 288 g/mol. The largest absolute Gasteiger partial charge is 0.397 e. The normalized spacial score (nSPS) is 12.2. The van der Waals surface area contributed by atoms with Gasteiger partial charge in [-0.3, -0.25) is 4.79 Å². The summed E-state index contributed by atoms with van der Waals surface area (Å²) < 4.78 is 0. The predicted octanol–water partition coefficient (Wildman–Crippen LogP) is 2.36. The first kappa shape index (κ1) is 15.1. The Hall–Kier alpha value is -0.910. The lowest BCUT2D eigenvalue weighted by atomic mass is 10.3. The summed E-state index contributed by atoms with van der Waals surface area (Å²) in [5, 5.41) is 12.2. The van der Waals surface area contributed by atoms with Crippen LogP contribution in [0.3, 0.4) is 0 Å². The number of nitrogen functional groups attached to an aromatic ring is 1. The molecule has 1 unspecified atom stereocenters. The van der Waals surface area contributed by atoms with Crippen molar-refractivity contribution in [2.45, 2.75) is 18.6 Å². The van der Waals surface area contributed by atoms with Gasteiger partial charge >= 0.3 is 0 Å². The molecule has 0 aliphatic heterocycles. The van der Waals surface area contributed by atoms with Crippen LogP contribution < -0.4 is 11.1 Å². The molecule has 0 radical (unpaired) electrons. The van der Waals surface area contributed by atoms with Gasteiger partial charge < -0.3 is 16.2 Å². The first-order valence-corrected chi connectivity index (χ1v) is 7.03. The molecule has 0 spiro atoms. The maximum atomic E-state index is 11.6. The Balaban J connectivity index is 2.42.